The monoisotopic (exact) mass is 255 g/mol. The molecular weight excluding hydrogens is 238 g/mol. The molecule has 0 bridgehead atoms. The van der Waals surface area contributed by atoms with Gasteiger partial charge in [-0.2, -0.15) is 0 Å². The van der Waals surface area contributed by atoms with E-state index in [-0.39, 0.29) is 11.9 Å². The zero-order valence-corrected chi connectivity index (χ0v) is 10.9. The molecule has 19 heavy (non-hydrogen) atoms. The van der Waals surface area contributed by atoms with E-state index in [0.717, 1.165) is 18.5 Å². The van der Waals surface area contributed by atoms with Crippen molar-refractivity contribution in [2.45, 2.75) is 31.8 Å². The minimum absolute atomic E-state index is 0.00417. The molecule has 0 aliphatic heterocycles. The van der Waals surface area contributed by atoms with Crippen LogP contribution in [0.25, 0.3) is 0 Å². The van der Waals surface area contributed by atoms with Gasteiger partial charge in [0.25, 0.3) is 5.91 Å². The van der Waals surface area contributed by atoms with Crippen molar-refractivity contribution in [3.8, 4) is 0 Å². The van der Waals surface area contributed by atoms with Gasteiger partial charge in [0.05, 0.1) is 11.7 Å². The van der Waals surface area contributed by atoms with Crippen molar-refractivity contribution in [1.29, 1.82) is 0 Å². The first kappa shape index (κ1) is 12.0. The number of pyridine rings is 1. The predicted molar refractivity (Wildman–Crippen MR) is 72.6 cm³/mol. The highest BCUT2D eigenvalue weighted by Crippen LogP contribution is 2.34. The third-order valence-corrected chi connectivity index (χ3v) is 3.54. The van der Waals surface area contributed by atoms with Crippen LogP contribution in [0.1, 0.15) is 42.0 Å². The van der Waals surface area contributed by atoms with E-state index >= 15 is 0 Å². The molecule has 4 heteroatoms. The normalized spacial score (nSPS) is 16.1. The Hall–Kier alpha value is -2.10. The van der Waals surface area contributed by atoms with Crippen molar-refractivity contribution < 1.29 is 4.79 Å². The summed E-state index contributed by atoms with van der Waals surface area (Å²) >= 11 is 0. The van der Waals surface area contributed by atoms with Crippen LogP contribution in [-0.4, -0.2) is 26.8 Å². The first-order valence-electron chi connectivity index (χ1n) is 6.64. The molecule has 98 valence electrons. The topological polar surface area (TPSA) is 49.0 Å². The molecule has 4 nitrogen and oxygen atoms in total. The molecule has 2 heterocycles. The Morgan fingerprint density at radius 3 is 2.79 bits per heavy atom. The lowest BCUT2D eigenvalue weighted by molar-refractivity contribution is 0.0665. The smallest absolute Gasteiger partial charge is 0.271 e. The molecule has 0 aromatic carbocycles. The van der Waals surface area contributed by atoms with E-state index in [4.69, 9.17) is 0 Å². The van der Waals surface area contributed by atoms with Crippen LogP contribution in [0.5, 0.6) is 0 Å². The van der Waals surface area contributed by atoms with E-state index < -0.39 is 0 Å². The molecule has 0 saturated heterocycles. The molecule has 3 rings (SSSR count). The summed E-state index contributed by atoms with van der Waals surface area (Å²) in [7, 11) is 0. The molecular formula is C15H17N3O. The maximum Gasteiger partial charge on any atom is 0.271 e. The van der Waals surface area contributed by atoms with Crippen LogP contribution in [0, 0.1) is 0 Å². The van der Waals surface area contributed by atoms with Gasteiger partial charge in [0.2, 0.25) is 0 Å². The van der Waals surface area contributed by atoms with Crippen molar-refractivity contribution in [3.63, 3.8) is 0 Å². The summed E-state index contributed by atoms with van der Waals surface area (Å²) in [5.41, 5.74) is 1.59. The molecule has 0 unspecified atom stereocenters. The number of rotatable bonds is 4. The van der Waals surface area contributed by atoms with Gasteiger partial charge in [-0.3, -0.25) is 9.78 Å². The van der Waals surface area contributed by atoms with Gasteiger partial charge < -0.3 is 9.88 Å². The first-order chi connectivity index (χ1) is 9.27. The number of nitrogens with zero attached hydrogens (tertiary/aromatic N) is 2. The highest BCUT2D eigenvalue weighted by Gasteiger charge is 2.37. The average Bonchev–Trinajstić information content (AvgIpc) is 3.12. The number of amides is 1. The summed E-state index contributed by atoms with van der Waals surface area (Å²) in [6.45, 7) is 2.04. The first-order valence-corrected chi connectivity index (χ1v) is 6.64. The van der Waals surface area contributed by atoms with Crippen molar-refractivity contribution >= 4 is 5.91 Å². The highest BCUT2D eigenvalue weighted by molar-refractivity contribution is 5.93. The number of hydrogen-bond donors (Lipinski definition) is 1. The van der Waals surface area contributed by atoms with E-state index in [2.05, 4.69) is 9.97 Å². The molecule has 1 amide bonds. The molecule has 1 saturated carbocycles. The minimum atomic E-state index is 0.00417. The number of aromatic nitrogens is 2. The Balaban J connectivity index is 1.87. The van der Waals surface area contributed by atoms with E-state index in [0.29, 0.717) is 11.7 Å². The second-order valence-corrected chi connectivity index (χ2v) is 4.96. The van der Waals surface area contributed by atoms with Gasteiger partial charge in [-0.1, -0.05) is 6.07 Å². The van der Waals surface area contributed by atoms with Crippen molar-refractivity contribution in [3.05, 3.63) is 54.1 Å². The fourth-order valence-corrected chi connectivity index (χ4v) is 2.38. The second kappa shape index (κ2) is 4.88. The number of carbonyl (C=O) groups is 1. The molecule has 1 N–H and O–H groups in total. The Morgan fingerprint density at radius 2 is 2.21 bits per heavy atom. The Kier molecular flexibility index (Phi) is 3.07. The largest absolute Gasteiger partial charge is 0.357 e. The lowest BCUT2D eigenvalue weighted by atomic mass is 10.1. The van der Waals surface area contributed by atoms with E-state index in [1.54, 1.807) is 12.4 Å². The average molecular weight is 255 g/mol. The Bertz CT molecular complexity index is 546. The SMILES string of the molecule is C[C@H](c1ccccn1)N(C(=O)c1ccc[nH]1)C1CC1. The summed E-state index contributed by atoms with van der Waals surface area (Å²) < 4.78 is 0. The van der Waals surface area contributed by atoms with Crippen LogP contribution in [0.4, 0.5) is 0 Å². The summed E-state index contributed by atoms with van der Waals surface area (Å²) in [6, 6.07) is 9.86. The molecule has 0 spiro atoms. The fraction of sp³-hybridized carbons (Fsp3) is 0.333. The van der Waals surface area contributed by atoms with Gasteiger partial charge in [-0.15, -0.1) is 0 Å². The summed E-state index contributed by atoms with van der Waals surface area (Å²) in [6.07, 6.45) is 5.73. The van der Waals surface area contributed by atoms with Gasteiger partial charge in [0, 0.05) is 18.4 Å². The van der Waals surface area contributed by atoms with Crippen LogP contribution in [0.15, 0.2) is 42.7 Å². The van der Waals surface area contributed by atoms with Gasteiger partial charge in [-0.05, 0) is 44.0 Å². The number of hydrogen-bond acceptors (Lipinski definition) is 2. The third kappa shape index (κ3) is 2.38. The van der Waals surface area contributed by atoms with E-state index in [1.807, 2.05) is 42.2 Å². The zero-order valence-electron chi connectivity index (χ0n) is 10.9. The van der Waals surface area contributed by atoms with Crippen LogP contribution in [0.3, 0.4) is 0 Å². The highest BCUT2D eigenvalue weighted by atomic mass is 16.2. The van der Waals surface area contributed by atoms with Gasteiger partial charge in [0.1, 0.15) is 5.69 Å². The van der Waals surface area contributed by atoms with Crippen molar-refractivity contribution in [2.75, 3.05) is 0 Å². The molecule has 2 aromatic heterocycles. The molecule has 2 aromatic rings. The lowest BCUT2D eigenvalue weighted by Gasteiger charge is -2.28. The van der Waals surface area contributed by atoms with Crippen LogP contribution in [-0.2, 0) is 0 Å². The second-order valence-electron chi connectivity index (χ2n) is 4.96. The summed E-state index contributed by atoms with van der Waals surface area (Å²) in [5.74, 6) is 0.0608. The quantitative estimate of drug-likeness (QED) is 0.913. The number of aromatic amines is 1. The standard InChI is InChI=1S/C15H17N3O/c1-11(13-5-2-3-9-16-13)18(12-7-8-12)15(19)14-6-4-10-17-14/h2-6,9-12,17H,7-8H2,1H3/t11-/m1/s1. The Morgan fingerprint density at radius 1 is 1.37 bits per heavy atom. The molecule has 1 aliphatic carbocycles. The van der Waals surface area contributed by atoms with E-state index in [9.17, 15) is 4.79 Å². The maximum absolute atomic E-state index is 12.6. The van der Waals surface area contributed by atoms with Gasteiger partial charge in [-0.25, -0.2) is 0 Å². The molecule has 1 fully saturated rings. The molecule has 1 atom stereocenters. The van der Waals surface area contributed by atoms with Crippen molar-refractivity contribution in [2.24, 2.45) is 0 Å². The van der Waals surface area contributed by atoms with Crippen LogP contribution in [0.2, 0.25) is 0 Å². The molecule has 1 aliphatic rings. The van der Waals surface area contributed by atoms with E-state index in [1.165, 1.54) is 0 Å². The number of nitrogens with one attached hydrogen (secondary N) is 1. The number of carbonyl (C=O) groups excluding carboxylic acids is 1. The maximum atomic E-state index is 12.6. The van der Waals surface area contributed by atoms with Gasteiger partial charge >= 0.3 is 0 Å². The zero-order chi connectivity index (χ0) is 13.2. The lowest BCUT2D eigenvalue weighted by Crippen LogP contribution is -2.36. The number of H-pyrrole nitrogens is 1. The third-order valence-electron chi connectivity index (χ3n) is 3.54. The van der Waals surface area contributed by atoms with Gasteiger partial charge in [0.15, 0.2) is 0 Å². The molecule has 0 radical (unpaired) electrons. The van der Waals surface area contributed by atoms with Crippen LogP contribution >= 0.6 is 0 Å². The summed E-state index contributed by atoms with van der Waals surface area (Å²) in [4.78, 5) is 21.9. The summed E-state index contributed by atoms with van der Waals surface area (Å²) in [5, 5.41) is 0. The van der Waals surface area contributed by atoms with Crippen LogP contribution < -0.4 is 0 Å². The fourth-order valence-electron chi connectivity index (χ4n) is 2.38. The minimum Gasteiger partial charge on any atom is -0.357 e. The predicted octanol–water partition coefficient (Wildman–Crippen LogP) is 2.78. The Labute approximate surface area is 112 Å². The van der Waals surface area contributed by atoms with Crippen molar-refractivity contribution in [1.82, 2.24) is 14.9 Å².